The van der Waals surface area contributed by atoms with Crippen molar-refractivity contribution in [1.29, 1.82) is 0 Å². The van der Waals surface area contributed by atoms with Gasteiger partial charge in [0.15, 0.2) is 0 Å². The lowest BCUT2D eigenvalue weighted by Crippen LogP contribution is -2.54. The maximum absolute atomic E-state index is 5.22. The van der Waals surface area contributed by atoms with E-state index in [0.29, 0.717) is 17.4 Å². The summed E-state index contributed by atoms with van der Waals surface area (Å²) in [4.78, 5) is 29.0. The Morgan fingerprint density at radius 2 is 1.52 bits per heavy atom. The molecule has 1 saturated heterocycles. The Kier molecular flexibility index (Phi) is 9.95. The van der Waals surface area contributed by atoms with Crippen molar-refractivity contribution in [2.45, 2.75) is 104 Å². The summed E-state index contributed by atoms with van der Waals surface area (Å²) < 4.78 is 0. The Morgan fingerprint density at radius 1 is 0.854 bits per heavy atom. The summed E-state index contributed by atoms with van der Waals surface area (Å²) >= 11 is 0. The first kappa shape index (κ1) is 33.8. The molecule has 48 heavy (non-hydrogen) atoms. The first-order valence-electron chi connectivity index (χ1n) is 17.9. The Labute approximate surface area is 288 Å². The summed E-state index contributed by atoms with van der Waals surface area (Å²) in [6.45, 7) is 20.3. The van der Waals surface area contributed by atoms with Crippen LogP contribution in [0.5, 0.6) is 0 Å². The van der Waals surface area contributed by atoms with E-state index in [1.807, 2.05) is 18.6 Å². The normalized spacial score (nSPS) is 19.1. The lowest BCUT2D eigenvalue weighted by molar-refractivity contribution is 0.272. The Hall–Kier alpha value is -4.13. The number of pyridine rings is 1. The molecule has 1 aromatic carbocycles. The fourth-order valence-electron chi connectivity index (χ4n) is 7.33. The summed E-state index contributed by atoms with van der Waals surface area (Å²) in [7, 11) is 0. The van der Waals surface area contributed by atoms with Gasteiger partial charge in [-0.2, -0.15) is 0 Å². The monoisotopic (exact) mass is 643 g/mol. The highest BCUT2D eigenvalue weighted by Gasteiger charge is 2.38. The molecule has 2 aliphatic rings. The highest BCUT2D eigenvalue weighted by Crippen LogP contribution is 2.39. The van der Waals surface area contributed by atoms with E-state index < -0.39 is 0 Å². The molecule has 1 aliphatic carbocycles. The van der Waals surface area contributed by atoms with Crippen molar-refractivity contribution in [3.05, 3.63) is 102 Å². The van der Waals surface area contributed by atoms with Gasteiger partial charge >= 0.3 is 0 Å². The number of allylic oxidation sites excluding steroid dienone is 1. The molecule has 252 valence electrons. The molecule has 4 heterocycles. The first-order valence-corrected chi connectivity index (χ1v) is 17.9. The fourth-order valence-corrected chi connectivity index (χ4v) is 7.33. The van der Waals surface area contributed by atoms with E-state index in [-0.39, 0.29) is 5.41 Å². The van der Waals surface area contributed by atoms with Crippen LogP contribution in [0, 0.1) is 11.3 Å². The van der Waals surface area contributed by atoms with Crippen molar-refractivity contribution in [3.63, 3.8) is 0 Å². The standard InChI is InChI=1S/C41H53N7/c1-8-36-42-24-33(25-43-36)32-18-21-38(45-23-32)48(29(2)14-15-30-12-10-9-11-13-30)34-19-16-31(17-20-34)22-37-44-26-35(40(3,4)5)39(46-37)47-27-41(6,7)28-47/h9-13,18,21,23-26,31,34H,2,8,14-17,19-20,22,27-28H2,1,3-7H3. The van der Waals surface area contributed by atoms with Crippen molar-refractivity contribution < 1.29 is 0 Å². The van der Waals surface area contributed by atoms with Crippen LogP contribution in [-0.4, -0.2) is 44.1 Å². The van der Waals surface area contributed by atoms with Crippen LogP contribution < -0.4 is 9.80 Å². The molecule has 0 bridgehead atoms. The van der Waals surface area contributed by atoms with Gasteiger partial charge in [-0.25, -0.2) is 24.9 Å². The lowest BCUT2D eigenvalue weighted by atomic mass is 9.81. The minimum atomic E-state index is 0.0116. The molecular weight excluding hydrogens is 591 g/mol. The van der Waals surface area contributed by atoms with Gasteiger partial charge < -0.3 is 9.80 Å². The maximum atomic E-state index is 5.22. The van der Waals surface area contributed by atoms with E-state index in [1.165, 1.54) is 11.1 Å². The van der Waals surface area contributed by atoms with Gasteiger partial charge in [-0.3, -0.25) is 0 Å². The minimum absolute atomic E-state index is 0.0116. The second-order valence-corrected chi connectivity index (χ2v) is 15.7. The Bertz CT molecular complexity index is 1660. The number of anilines is 2. The summed E-state index contributed by atoms with van der Waals surface area (Å²) in [5, 5.41) is 0. The van der Waals surface area contributed by atoms with Crippen LogP contribution in [0.25, 0.3) is 11.1 Å². The number of hydrogen-bond acceptors (Lipinski definition) is 7. The molecule has 2 fully saturated rings. The van der Waals surface area contributed by atoms with Crippen LogP contribution in [-0.2, 0) is 24.7 Å². The Morgan fingerprint density at radius 3 is 2.12 bits per heavy atom. The zero-order valence-corrected chi connectivity index (χ0v) is 29.9. The molecule has 1 aliphatic heterocycles. The molecule has 6 rings (SSSR count). The maximum Gasteiger partial charge on any atom is 0.136 e. The second kappa shape index (κ2) is 14.2. The molecule has 0 spiro atoms. The molecular formula is C41H53N7. The summed E-state index contributed by atoms with van der Waals surface area (Å²) in [6.07, 6.45) is 15.9. The number of hydrogen-bond donors (Lipinski definition) is 0. The predicted molar refractivity (Wildman–Crippen MR) is 197 cm³/mol. The second-order valence-electron chi connectivity index (χ2n) is 15.7. The number of aromatic nitrogens is 5. The van der Waals surface area contributed by atoms with Crippen molar-refractivity contribution in [3.8, 4) is 11.1 Å². The third-order valence-corrected chi connectivity index (χ3v) is 10.1. The van der Waals surface area contributed by atoms with Crippen LogP contribution in [0.15, 0.2) is 79.5 Å². The van der Waals surface area contributed by atoms with Crippen LogP contribution in [0.3, 0.4) is 0 Å². The van der Waals surface area contributed by atoms with Gasteiger partial charge in [0.25, 0.3) is 0 Å². The zero-order chi connectivity index (χ0) is 33.9. The number of benzene rings is 1. The molecule has 7 nitrogen and oxygen atoms in total. The van der Waals surface area contributed by atoms with E-state index in [0.717, 1.165) is 105 Å². The van der Waals surface area contributed by atoms with Crippen LogP contribution in [0.4, 0.5) is 11.6 Å². The molecule has 0 N–H and O–H groups in total. The van der Waals surface area contributed by atoms with Crippen molar-refractivity contribution in [2.24, 2.45) is 11.3 Å². The van der Waals surface area contributed by atoms with Crippen LogP contribution in [0.1, 0.15) is 96.4 Å². The SMILES string of the molecule is C=C(CCc1ccccc1)N(c1ccc(-c2cnc(CC)nc2)cn1)C1CCC(Cc2ncc(C(C)(C)C)c(N3CC(C)(C)C3)n2)CC1. The zero-order valence-electron chi connectivity index (χ0n) is 29.9. The van der Waals surface area contributed by atoms with Gasteiger partial charge in [-0.1, -0.05) is 78.5 Å². The predicted octanol–water partition coefficient (Wildman–Crippen LogP) is 8.79. The number of rotatable bonds is 11. The van der Waals surface area contributed by atoms with E-state index in [4.69, 9.17) is 15.0 Å². The quantitative estimate of drug-likeness (QED) is 0.162. The van der Waals surface area contributed by atoms with Gasteiger partial charge in [0.05, 0.1) is 0 Å². The summed E-state index contributed by atoms with van der Waals surface area (Å²) in [6, 6.07) is 15.4. The molecule has 3 aromatic heterocycles. The highest BCUT2D eigenvalue weighted by atomic mass is 15.3. The smallest absolute Gasteiger partial charge is 0.136 e. The number of nitrogens with zero attached hydrogens (tertiary/aromatic N) is 7. The van der Waals surface area contributed by atoms with Gasteiger partial charge in [-0.15, -0.1) is 0 Å². The molecule has 0 unspecified atom stereocenters. The average molecular weight is 644 g/mol. The van der Waals surface area contributed by atoms with Gasteiger partial charge in [-0.05, 0) is 73.0 Å². The van der Waals surface area contributed by atoms with Crippen molar-refractivity contribution in [1.82, 2.24) is 24.9 Å². The van der Waals surface area contributed by atoms with E-state index in [2.05, 4.69) is 117 Å². The molecule has 0 atom stereocenters. The Balaban J connectivity index is 1.16. The topological polar surface area (TPSA) is 70.9 Å². The summed E-state index contributed by atoms with van der Waals surface area (Å²) in [5.41, 5.74) is 6.08. The molecule has 1 saturated carbocycles. The molecule has 7 heteroatoms. The third kappa shape index (κ3) is 7.94. The fraction of sp³-hybridized carbons (Fsp3) is 0.488. The molecule has 4 aromatic rings. The van der Waals surface area contributed by atoms with E-state index in [1.54, 1.807) is 0 Å². The number of aryl methyl sites for hydroxylation is 2. The van der Waals surface area contributed by atoms with E-state index in [9.17, 15) is 0 Å². The van der Waals surface area contributed by atoms with Gasteiger partial charge in [0, 0.05) is 79.1 Å². The minimum Gasteiger partial charge on any atom is -0.355 e. The van der Waals surface area contributed by atoms with Crippen LogP contribution in [0.2, 0.25) is 0 Å². The lowest BCUT2D eigenvalue weighted by Gasteiger charge is -2.48. The third-order valence-electron chi connectivity index (χ3n) is 10.1. The van der Waals surface area contributed by atoms with E-state index >= 15 is 0 Å². The van der Waals surface area contributed by atoms with Crippen molar-refractivity contribution >= 4 is 11.6 Å². The van der Waals surface area contributed by atoms with Crippen LogP contribution >= 0.6 is 0 Å². The first-order chi connectivity index (χ1) is 23.0. The largest absolute Gasteiger partial charge is 0.355 e. The average Bonchev–Trinajstić information content (AvgIpc) is 3.07. The molecule has 0 amide bonds. The summed E-state index contributed by atoms with van der Waals surface area (Å²) in [5.74, 6) is 4.53. The van der Waals surface area contributed by atoms with Gasteiger partial charge in [0.2, 0.25) is 0 Å². The van der Waals surface area contributed by atoms with Crippen molar-refractivity contribution in [2.75, 3.05) is 22.9 Å². The highest BCUT2D eigenvalue weighted by molar-refractivity contribution is 5.63. The molecule has 0 radical (unpaired) electrons. The van der Waals surface area contributed by atoms with Gasteiger partial charge in [0.1, 0.15) is 23.3 Å².